The molecule has 0 radical (unpaired) electrons. The minimum absolute atomic E-state index is 0.0182. The van der Waals surface area contributed by atoms with Crippen LogP contribution < -0.4 is 18.9 Å². The largest absolute Gasteiger partial charge is 0.493 e. The maximum Gasteiger partial charge on any atom is 0.231 e. The molecule has 0 fully saturated rings. The van der Waals surface area contributed by atoms with Crippen LogP contribution in [0.3, 0.4) is 0 Å². The summed E-state index contributed by atoms with van der Waals surface area (Å²) in [5.41, 5.74) is 0.928. The van der Waals surface area contributed by atoms with Crippen LogP contribution in [0.4, 0.5) is 0 Å². The van der Waals surface area contributed by atoms with E-state index in [1.165, 1.54) is 0 Å². The first-order chi connectivity index (χ1) is 11.6. The van der Waals surface area contributed by atoms with Crippen molar-refractivity contribution in [3.05, 3.63) is 54.1 Å². The zero-order valence-corrected chi connectivity index (χ0v) is 13.9. The van der Waals surface area contributed by atoms with Gasteiger partial charge in [-0.15, -0.1) is 0 Å². The third-order valence-electron chi connectivity index (χ3n) is 3.51. The summed E-state index contributed by atoms with van der Waals surface area (Å²) in [6.45, 7) is 0.822. The molecular weight excluding hydrogens is 330 g/mol. The van der Waals surface area contributed by atoms with Crippen molar-refractivity contribution >= 4 is 10.0 Å². The van der Waals surface area contributed by atoms with E-state index >= 15 is 0 Å². The van der Waals surface area contributed by atoms with E-state index in [4.69, 9.17) is 14.2 Å². The Kier molecular flexibility index (Phi) is 5.22. The number of hydrogen-bond donors (Lipinski definition) is 1. The van der Waals surface area contributed by atoms with E-state index in [0.717, 1.165) is 5.56 Å². The summed E-state index contributed by atoms with van der Waals surface area (Å²) in [4.78, 5) is 0. The number of ether oxygens (including phenoxy) is 3. The van der Waals surface area contributed by atoms with Gasteiger partial charge in [-0.1, -0.05) is 30.3 Å². The molecule has 0 unspecified atom stereocenters. The summed E-state index contributed by atoms with van der Waals surface area (Å²) in [6, 6.07) is 14.7. The first-order valence-corrected chi connectivity index (χ1v) is 9.31. The monoisotopic (exact) mass is 349 g/mol. The van der Waals surface area contributed by atoms with Gasteiger partial charge in [-0.25, -0.2) is 13.1 Å². The van der Waals surface area contributed by atoms with Gasteiger partial charge < -0.3 is 14.2 Å². The van der Waals surface area contributed by atoms with Crippen LogP contribution in [0.2, 0.25) is 0 Å². The standard InChI is InChI=1S/C17H19NO5S/c19-24(20,18-12-14-5-2-1-3-6-14)10-4-9-21-15-7-8-16-17(11-15)23-13-22-16/h1-3,5-8,11,18H,4,9-10,12-13H2. The number of hydrogen-bond acceptors (Lipinski definition) is 5. The lowest BCUT2D eigenvalue weighted by Crippen LogP contribution is -2.26. The Morgan fingerprint density at radius 1 is 1.04 bits per heavy atom. The highest BCUT2D eigenvalue weighted by Crippen LogP contribution is 2.35. The van der Waals surface area contributed by atoms with Crippen LogP contribution >= 0.6 is 0 Å². The maximum atomic E-state index is 12.0. The van der Waals surface area contributed by atoms with Gasteiger partial charge in [-0.3, -0.25) is 0 Å². The van der Waals surface area contributed by atoms with Gasteiger partial charge in [0, 0.05) is 12.6 Å². The van der Waals surface area contributed by atoms with E-state index in [1.54, 1.807) is 18.2 Å². The first-order valence-electron chi connectivity index (χ1n) is 7.66. The van der Waals surface area contributed by atoms with Crippen molar-refractivity contribution in [3.8, 4) is 17.2 Å². The highest BCUT2D eigenvalue weighted by Gasteiger charge is 2.14. The molecule has 7 heteroatoms. The van der Waals surface area contributed by atoms with Crippen LogP contribution in [0.15, 0.2) is 48.5 Å². The molecule has 0 spiro atoms. The zero-order valence-electron chi connectivity index (χ0n) is 13.1. The van der Waals surface area contributed by atoms with E-state index in [-0.39, 0.29) is 12.5 Å². The van der Waals surface area contributed by atoms with Crippen molar-refractivity contribution in [1.29, 1.82) is 0 Å². The molecule has 0 amide bonds. The summed E-state index contributed by atoms with van der Waals surface area (Å²) in [6.07, 6.45) is 0.401. The molecule has 2 aromatic carbocycles. The third kappa shape index (κ3) is 4.62. The van der Waals surface area contributed by atoms with Gasteiger partial charge in [0.2, 0.25) is 16.8 Å². The fourth-order valence-electron chi connectivity index (χ4n) is 2.27. The molecule has 6 nitrogen and oxygen atoms in total. The van der Waals surface area contributed by atoms with Gasteiger partial charge in [-0.2, -0.15) is 0 Å². The molecule has 0 atom stereocenters. The number of nitrogens with one attached hydrogen (secondary N) is 1. The van der Waals surface area contributed by atoms with E-state index in [1.807, 2.05) is 30.3 Å². The molecule has 3 rings (SSSR count). The Bertz CT molecular complexity index is 777. The Balaban J connectivity index is 1.40. The predicted molar refractivity (Wildman–Crippen MR) is 89.7 cm³/mol. The summed E-state index contributed by atoms with van der Waals surface area (Å²) in [7, 11) is -3.32. The molecule has 1 N–H and O–H groups in total. The van der Waals surface area contributed by atoms with Crippen LogP contribution in [-0.4, -0.2) is 27.6 Å². The normalized spacial score (nSPS) is 13.0. The minimum Gasteiger partial charge on any atom is -0.493 e. The molecule has 1 heterocycles. The van der Waals surface area contributed by atoms with Crippen LogP contribution in [-0.2, 0) is 16.6 Å². The molecule has 128 valence electrons. The highest BCUT2D eigenvalue weighted by molar-refractivity contribution is 7.89. The van der Waals surface area contributed by atoms with E-state index in [0.29, 0.717) is 36.8 Å². The zero-order chi connectivity index (χ0) is 16.8. The minimum atomic E-state index is -3.32. The second-order valence-corrected chi connectivity index (χ2v) is 7.27. The summed E-state index contributed by atoms with van der Waals surface area (Å²) < 4.78 is 42.6. The van der Waals surface area contributed by atoms with Gasteiger partial charge in [0.15, 0.2) is 11.5 Å². The SMILES string of the molecule is O=S(=O)(CCCOc1ccc2c(c1)OCO2)NCc1ccccc1. The van der Waals surface area contributed by atoms with Gasteiger partial charge in [0.05, 0.1) is 12.4 Å². The van der Waals surface area contributed by atoms with Crippen molar-refractivity contribution < 1.29 is 22.6 Å². The number of benzene rings is 2. The predicted octanol–water partition coefficient (Wildman–Crippen LogP) is 2.30. The lowest BCUT2D eigenvalue weighted by atomic mass is 10.2. The van der Waals surface area contributed by atoms with Crippen molar-refractivity contribution in [1.82, 2.24) is 4.72 Å². The number of rotatable bonds is 8. The average Bonchev–Trinajstić information content (AvgIpc) is 3.06. The molecule has 1 aliphatic heterocycles. The lowest BCUT2D eigenvalue weighted by Gasteiger charge is -2.09. The molecule has 2 aromatic rings. The molecule has 1 aliphatic rings. The van der Waals surface area contributed by atoms with E-state index < -0.39 is 10.0 Å². The Morgan fingerprint density at radius 2 is 1.83 bits per heavy atom. The number of sulfonamides is 1. The maximum absolute atomic E-state index is 12.0. The van der Waals surface area contributed by atoms with Gasteiger partial charge >= 0.3 is 0 Å². The van der Waals surface area contributed by atoms with Crippen molar-refractivity contribution in [2.45, 2.75) is 13.0 Å². The second-order valence-electron chi connectivity index (χ2n) is 5.34. The molecule has 0 aromatic heterocycles. The summed E-state index contributed by atoms with van der Waals surface area (Å²) in [5.74, 6) is 1.98. The molecule has 24 heavy (non-hydrogen) atoms. The topological polar surface area (TPSA) is 73.9 Å². The van der Waals surface area contributed by atoms with Crippen LogP contribution in [0.5, 0.6) is 17.2 Å². The van der Waals surface area contributed by atoms with Gasteiger partial charge in [0.25, 0.3) is 0 Å². The second kappa shape index (κ2) is 7.55. The van der Waals surface area contributed by atoms with Crippen molar-refractivity contribution in [2.24, 2.45) is 0 Å². The molecular formula is C17H19NO5S. The van der Waals surface area contributed by atoms with Crippen LogP contribution in [0.1, 0.15) is 12.0 Å². The Labute approximate surface area is 141 Å². The first kappa shape index (κ1) is 16.6. The lowest BCUT2D eigenvalue weighted by molar-refractivity contribution is 0.173. The average molecular weight is 349 g/mol. The Morgan fingerprint density at radius 3 is 2.67 bits per heavy atom. The van der Waals surface area contributed by atoms with Crippen molar-refractivity contribution in [2.75, 3.05) is 19.2 Å². The smallest absolute Gasteiger partial charge is 0.231 e. The van der Waals surface area contributed by atoms with Crippen molar-refractivity contribution in [3.63, 3.8) is 0 Å². The van der Waals surface area contributed by atoms with E-state index in [9.17, 15) is 8.42 Å². The van der Waals surface area contributed by atoms with Gasteiger partial charge in [-0.05, 0) is 24.1 Å². The molecule has 0 bridgehead atoms. The van der Waals surface area contributed by atoms with Crippen LogP contribution in [0.25, 0.3) is 0 Å². The fraction of sp³-hybridized carbons (Fsp3) is 0.294. The number of fused-ring (bicyclic) bond motifs is 1. The fourth-order valence-corrected chi connectivity index (χ4v) is 3.30. The van der Waals surface area contributed by atoms with E-state index in [2.05, 4.69) is 4.72 Å². The molecule has 0 saturated heterocycles. The van der Waals surface area contributed by atoms with Gasteiger partial charge in [0.1, 0.15) is 5.75 Å². The molecule has 0 saturated carbocycles. The van der Waals surface area contributed by atoms with Crippen LogP contribution in [0, 0.1) is 0 Å². The highest BCUT2D eigenvalue weighted by atomic mass is 32.2. The molecule has 0 aliphatic carbocycles. The quantitative estimate of drug-likeness (QED) is 0.740. The third-order valence-corrected chi connectivity index (χ3v) is 4.92. The summed E-state index contributed by atoms with van der Waals surface area (Å²) >= 11 is 0. The Hall–Kier alpha value is -2.25. The summed E-state index contributed by atoms with van der Waals surface area (Å²) in [5, 5.41) is 0.